The summed E-state index contributed by atoms with van der Waals surface area (Å²) in [6.45, 7) is 8.57. The van der Waals surface area contributed by atoms with Gasteiger partial charge in [-0.05, 0) is 65.2 Å². The van der Waals surface area contributed by atoms with E-state index < -0.39 is 5.41 Å². The van der Waals surface area contributed by atoms with Crippen molar-refractivity contribution >= 4 is 11.9 Å². The zero-order valence-electron chi connectivity index (χ0n) is 15.4. The molecule has 0 N–H and O–H groups in total. The fraction of sp³-hybridized carbons (Fsp3) is 0.895. The Balaban J connectivity index is 2.06. The van der Waals surface area contributed by atoms with Crippen molar-refractivity contribution in [3.05, 3.63) is 0 Å². The fourth-order valence-electron chi connectivity index (χ4n) is 2.97. The highest BCUT2D eigenvalue weighted by atomic mass is 16.5. The molecule has 0 spiro atoms. The van der Waals surface area contributed by atoms with Gasteiger partial charge < -0.3 is 9.47 Å². The van der Waals surface area contributed by atoms with Crippen LogP contribution >= 0.6 is 0 Å². The molecule has 4 nitrogen and oxygen atoms in total. The Morgan fingerprint density at radius 2 is 1.52 bits per heavy atom. The van der Waals surface area contributed by atoms with Gasteiger partial charge in [-0.25, -0.2) is 0 Å². The highest BCUT2D eigenvalue weighted by Gasteiger charge is 2.27. The third-order valence-corrected chi connectivity index (χ3v) is 4.51. The minimum absolute atomic E-state index is 0.0355. The van der Waals surface area contributed by atoms with E-state index in [1.807, 2.05) is 20.8 Å². The van der Waals surface area contributed by atoms with Crippen LogP contribution in [-0.4, -0.2) is 25.2 Å². The monoisotopic (exact) mass is 326 g/mol. The van der Waals surface area contributed by atoms with E-state index in [9.17, 15) is 9.59 Å². The number of unbranched alkanes of at least 4 members (excludes halogenated alkanes) is 1. The van der Waals surface area contributed by atoms with Crippen molar-refractivity contribution in [1.82, 2.24) is 0 Å². The first-order chi connectivity index (χ1) is 10.8. The predicted molar refractivity (Wildman–Crippen MR) is 91.0 cm³/mol. The van der Waals surface area contributed by atoms with Crippen LogP contribution in [0.15, 0.2) is 0 Å². The van der Waals surface area contributed by atoms with Gasteiger partial charge in [-0.1, -0.05) is 19.8 Å². The van der Waals surface area contributed by atoms with E-state index in [4.69, 9.17) is 9.47 Å². The summed E-state index contributed by atoms with van der Waals surface area (Å²) in [4.78, 5) is 23.6. The standard InChI is InChI=1S/C19H34O4/c1-5-8-15-9-11-16(12-10-15)17(20)22-13-6-7-14-23-18(21)19(2,3)4/h15-16H,5-14H2,1-4H3. The molecule has 1 saturated carbocycles. The third-order valence-electron chi connectivity index (χ3n) is 4.51. The molecule has 1 fully saturated rings. The molecule has 0 aromatic heterocycles. The topological polar surface area (TPSA) is 52.6 Å². The Labute approximate surface area is 141 Å². The van der Waals surface area contributed by atoms with Crippen molar-refractivity contribution in [2.24, 2.45) is 17.3 Å². The molecule has 0 radical (unpaired) electrons. The third kappa shape index (κ3) is 7.85. The molecule has 0 heterocycles. The first kappa shape index (κ1) is 20.0. The van der Waals surface area contributed by atoms with Crippen molar-refractivity contribution < 1.29 is 19.1 Å². The van der Waals surface area contributed by atoms with Crippen LogP contribution in [0.5, 0.6) is 0 Å². The summed E-state index contributed by atoms with van der Waals surface area (Å²) in [6, 6.07) is 0. The van der Waals surface area contributed by atoms with E-state index in [0.717, 1.165) is 44.4 Å². The number of ether oxygens (including phenoxy) is 2. The molecule has 1 aliphatic carbocycles. The van der Waals surface area contributed by atoms with Crippen LogP contribution in [0.2, 0.25) is 0 Å². The number of rotatable bonds is 8. The molecule has 0 aromatic rings. The summed E-state index contributed by atoms with van der Waals surface area (Å²) in [6.07, 6.45) is 8.29. The van der Waals surface area contributed by atoms with E-state index in [1.54, 1.807) is 0 Å². The number of carbonyl (C=O) groups is 2. The first-order valence-electron chi connectivity index (χ1n) is 9.18. The van der Waals surface area contributed by atoms with Crippen molar-refractivity contribution in [2.45, 2.75) is 79.1 Å². The maximum Gasteiger partial charge on any atom is 0.311 e. The van der Waals surface area contributed by atoms with Gasteiger partial charge >= 0.3 is 11.9 Å². The zero-order valence-corrected chi connectivity index (χ0v) is 15.4. The van der Waals surface area contributed by atoms with Crippen LogP contribution in [0.3, 0.4) is 0 Å². The van der Waals surface area contributed by atoms with E-state index in [1.165, 1.54) is 12.8 Å². The second-order valence-corrected chi connectivity index (χ2v) is 7.77. The molecule has 23 heavy (non-hydrogen) atoms. The molecule has 0 aromatic carbocycles. The molecule has 4 heteroatoms. The van der Waals surface area contributed by atoms with Crippen LogP contribution in [0.4, 0.5) is 0 Å². The second-order valence-electron chi connectivity index (χ2n) is 7.77. The highest BCUT2D eigenvalue weighted by Crippen LogP contribution is 2.32. The smallest absolute Gasteiger partial charge is 0.311 e. The van der Waals surface area contributed by atoms with Gasteiger partial charge in [-0.15, -0.1) is 0 Å². The molecule has 1 aliphatic rings. The first-order valence-corrected chi connectivity index (χ1v) is 9.18. The molecule has 1 rings (SSSR count). The zero-order chi connectivity index (χ0) is 17.3. The van der Waals surface area contributed by atoms with Crippen LogP contribution in [0.1, 0.15) is 79.1 Å². The Morgan fingerprint density at radius 1 is 0.957 bits per heavy atom. The molecule has 134 valence electrons. The minimum Gasteiger partial charge on any atom is -0.465 e. The molecule has 0 saturated heterocycles. The van der Waals surface area contributed by atoms with Gasteiger partial charge in [0.05, 0.1) is 24.5 Å². The van der Waals surface area contributed by atoms with Crippen molar-refractivity contribution in [3.8, 4) is 0 Å². The summed E-state index contributed by atoms with van der Waals surface area (Å²) in [5.74, 6) is 0.688. The number of hydrogen-bond acceptors (Lipinski definition) is 4. The maximum absolute atomic E-state index is 12.0. The fourth-order valence-corrected chi connectivity index (χ4v) is 2.97. The number of carbonyl (C=O) groups excluding carboxylic acids is 2. The van der Waals surface area contributed by atoms with Gasteiger partial charge in [-0.2, -0.15) is 0 Å². The Hall–Kier alpha value is -1.06. The SMILES string of the molecule is CCCC1CCC(C(=O)OCCCCOC(=O)C(C)(C)C)CC1. The van der Waals surface area contributed by atoms with Gasteiger partial charge in [0, 0.05) is 0 Å². The molecule has 0 bridgehead atoms. The number of esters is 2. The minimum atomic E-state index is -0.455. The lowest BCUT2D eigenvalue weighted by molar-refractivity contribution is -0.154. The second kappa shape index (κ2) is 9.94. The average molecular weight is 326 g/mol. The van der Waals surface area contributed by atoms with Gasteiger partial charge in [0.25, 0.3) is 0 Å². The summed E-state index contributed by atoms with van der Waals surface area (Å²) in [5.41, 5.74) is -0.455. The Kier molecular flexibility index (Phi) is 8.64. The summed E-state index contributed by atoms with van der Waals surface area (Å²) in [5, 5.41) is 0. The lowest BCUT2D eigenvalue weighted by Crippen LogP contribution is -2.24. The highest BCUT2D eigenvalue weighted by molar-refractivity contribution is 5.75. The summed E-state index contributed by atoms with van der Waals surface area (Å²) in [7, 11) is 0. The van der Waals surface area contributed by atoms with E-state index >= 15 is 0 Å². The molecule has 0 aliphatic heterocycles. The number of hydrogen-bond donors (Lipinski definition) is 0. The Bertz CT molecular complexity index is 362. The summed E-state index contributed by atoms with van der Waals surface area (Å²) < 4.78 is 10.6. The van der Waals surface area contributed by atoms with Gasteiger partial charge in [0.15, 0.2) is 0 Å². The lowest BCUT2D eigenvalue weighted by atomic mass is 9.80. The van der Waals surface area contributed by atoms with E-state index in [0.29, 0.717) is 13.2 Å². The largest absolute Gasteiger partial charge is 0.465 e. The van der Waals surface area contributed by atoms with Crippen LogP contribution in [-0.2, 0) is 19.1 Å². The summed E-state index contributed by atoms with van der Waals surface area (Å²) >= 11 is 0. The van der Waals surface area contributed by atoms with Crippen LogP contribution in [0, 0.1) is 17.3 Å². The lowest BCUT2D eigenvalue weighted by Gasteiger charge is -2.26. The maximum atomic E-state index is 12.0. The molecule has 0 amide bonds. The van der Waals surface area contributed by atoms with Crippen LogP contribution in [0.25, 0.3) is 0 Å². The van der Waals surface area contributed by atoms with Crippen molar-refractivity contribution in [2.75, 3.05) is 13.2 Å². The van der Waals surface area contributed by atoms with E-state index in [2.05, 4.69) is 6.92 Å². The van der Waals surface area contributed by atoms with Crippen molar-refractivity contribution in [1.29, 1.82) is 0 Å². The molecular weight excluding hydrogens is 292 g/mol. The van der Waals surface area contributed by atoms with Gasteiger partial charge in [-0.3, -0.25) is 9.59 Å². The molecule has 0 atom stereocenters. The average Bonchev–Trinajstić information content (AvgIpc) is 2.50. The predicted octanol–water partition coefficient (Wildman–Crippen LogP) is 4.51. The molecule has 0 unspecified atom stereocenters. The van der Waals surface area contributed by atoms with Gasteiger partial charge in [0.2, 0.25) is 0 Å². The quantitative estimate of drug-likeness (QED) is 0.486. The molecular formula is C19H34O4. The Morgan fingerprint density at radius 3 is 2.04 bits per heavy atom. The van der Waals surface area contributed by atoms with Crippen molar-refractivity contribution in [3.63, 3.8) is 0 Å². The normalized spacial score (nSPS) is 21.7. The van der Waals surface area contributed by atoms with E-state index in [-0.39, 0.29) is 17.9 Å². The van der Waals surface area contributed by atoms with Crippen LogP contribution < -0.4 is 0 Å². The van der Waals surface area contributed by atoms with Gasteiger partial charge in [0.1, 0.15) is 0 Å².